The van der Waals surface area contributed by atoms with E-state index in [0.29, 0.717) is 24.3 Å². The monoisotopic (exact) mass is 319 g/mol. The third-order valence-electron chi connectivity index (χ3n) is 4.01. The molecule has 0 spiro atoms. The van der Waals surface area contributed by atoms with Crippen molar-refractivity contribution in [2.75, 3.05) is 38.2 Å². The van der Waals surface area contributed by atoms with Crippen LogP contribution in [0.15, 0.2) is 12.1 Å². The number of carbonyl (C=O) groups is 2. The molecule has 0 aliphatic carbocycles. The average Bonchev–Trinajstić information content (AvgIpc) is 2.52. The Kier molecular flexibility index (Phi) is 4.92. The van der Waals surface area contributed by atoms with E-state index in [-0.39, 0.29) is 17.3 Å². The van der Waals surface area contributed by atoms with Crippen molar-refractivity contribution >= 4 is 17.7 Å². The Labute approximate surface area is 137 Å². The summed E-state index contributed by atoms with van der Waals surface area (Å²) in [5.41, 5.74) is 0.791. The number of hydrogen-bond donors (Lipinski definition) is 0. The van der Waals surface area contributed by atoms with Gasteiger partial charge in [0, 0.05) is 31.6 Å². The number of methoxy groups -OCH3 is 1. The highest BCUT2D eigenvalue weighted by Crippen LogP contribution is 2.21. The van der Waals surface area contributed by atoms with Crippen molar-refractivity contribution in [2.24, 2.45) is 5.41 Å². The Morgan fingerprint density at radius 2 is 1.74 bits per heavy atom. The fourth-order valence-electron chi connectivity index (χ4n) is 2.66. The molecule has 126 valence electrons. The number of ether oxygens (including phenoxy) is 1. The van der Waals surface area contributed by atoms with Gasteiger partial charge in [-0.25, -0.2) is 9.78 Å². The maximum absolute atomic E-state index is 12.3. The molecule has 1 fully saturated rings. The van der Waals surface area contributed by atoms with E-state index in [1.54, 1.807) is 13.0 Å². The SMILES string of the molecule is COC(=O)c1ccc(N2CCN(C(=O)C(C)(C)C)CC2)nc1C. The molecule has 1 saturated heterocycles. The predicted octanol–water partition coefficient (Wildman–Crippen LogP) is 1.87. The van der Waals surface area contributed by atoms with Crippen LogP contribution in [0.2, 0.25) is 0 Å². The Hall–Kier alpha value is -2.11. The second-order valence-electron chi connectivity index (χ2n) is 6.82. The maximum Gasteiger partial charge on any atom is 0.339 e. The van der Waals surface area contributed by atoms with E-state index in [1.165, 1.54) is 7.11 Å². The lowest BCUT2D eigenvalue weighted by molar-refractivity contribution is -0.139. The molecule has 0 aromatic carbocycles. The van der Waals surface area contributed by atoms with Crippen LogP contribution in [-0.4, -0.2) is 55.0 Å². The van der Waals surface area contributed by atoms with Gasteiger partial charge in [-0.05, 0) is 19.1 Å². The van der Waals surface area contributed by atoms with Crippen molar-refractivity contribution in [1.82, 2.24) is 9.88 Å². The van der Waals surface area contributed by atoms with Crippen LogP contribution in [0.3, 0.4) is 0 Å². The molecule has 0 bridgehead atoms. The molecule has 1 aliphatic rings. The molecule has 0 saturated carbocycles. The molecule has 1 aromatic heterocycles. The molecule has 1 amide bonds. The Bertz CT molecular complexity index is 600. The highest BCUT2D eigenvalue weighted by Gasteiger charge is 2.30. The number of rotatable bonds is 2. The van der Waals surface area contributed by atoms with Crippen LogP contribution in [0, 0.1) is 12.3 Å². The number of carbonyl (C=O) groups excluding carboxylic acids is 2. The minimum absolute atomic E-state index is 0.183. The minimum atomic E-state index is -0.373. The molecule has 2 rings (SSSR count). The van der Waals surface area contributed by atoms with Crippen LogP contribution in [0.25, 0.3) is 0 Å². The van der Waals surface area contributed by atoms with Crippen molar-refractivity contribution in [3.63, 3.8) is 0 Å². The van der Waals surface area contributed by atoms with Gasteiger partial charge >= 0.3 is 5.97 Å². The summed E-state index contributed by atoms with van der Waals surface area (Å²) in [5, 5.41) is 0. The van der Waals surface area contributed by atoms with Crippen LogP contribution >= 0.6 is 0 Å². The van der Waals surface area contributed by atoms with Crippen LogP contribution < -0.4 is 4.90 Å². The summed E-state index contributed by atoms with van der Waals surface area (Å²) in [7, 11) is 1.36. The zero-order valence-corrected chi connectivity index (χ0v) is 14.5. The molecule has 0 unspecified atom stereocenters. The second kappa shape index (κ2) is 6.56. The molecular formula is C17H25N3O3. The van der Waals surface area contributed by atoms with E-state index < -0.39 is 0 Å². The molecule has 6 heteroatoms. The molecule has 0 radical (unpaired) electrons. The first kappa shape index (κ1) is 17.2. The van der Waals surface area contributed by atoms with Gasteiger partial charge in [-0.2, -0.15) is 0 Å². The van der Waals surface area contributed by atoms with Crippen LogP contribution in [-0.2, 0) is 9.53 Å². The molecular weight excluding hydrogens is 294 g/mol. The number of pyridine rings is 1. The van der Waals surface area contributed by atoms with E-state index in [0.717, 1.165) is 18.9 Å². The zero-order valence-electron chi connectivity index (χ0n) is 14.5. The average molecular weight is 319 g/mol. The summed E-state index contributed by atoms with van der Waals surface area (Å²) in [4.78, 5) is 32.5. The molecule has 1 aliphatic heterocycles. The normalized spacial score (nSPS) is 15.5. The van der Waals surface area contributed by atoms with Gasteiger partial charge in [0.05, 0.1) is 18.4 Å². The van der Waals surface area contributed by atoms with Gasteiger partial charge in [-0.1, -0.05) is 20.8 Å². The second-order valence-corrected chi connectivity index (χ2v) is 6.82. The van der Waals surface area contributed by atoms with Gasteiger partial charge in [-0.15, -0.1) is 0 Å². The third-order valence-corrected chi connectivity index (χ3v) is 4.01. The Balaban J connectivity index is 2.05. The highest BCUT2D eigenvalue weighted by atomic mass is 16.5. The quantitative estimate of drug-likeness (QED) is 0.779. The molecule has 2 heterocycles. The predicted molar refractivity (Wildman–Crippen MR) is 88.6 cm³/mol. The third kappa shape index (κ3) is 3.81. The first-order valence-electron chi connectivity index (χ1n) is 7.84. The van der Waals surface area contributed by atoms with Gasteiger partial charge in [0.15, 0.2) is 0 Å². The Morgan fingerprint density at radius 3 is 2.22 bits per heavy atom. The van der Waals surface area contributed by atoms with Gasteiger partial charge in [0.1, 0.15) is 5.82 Å². The summed E-state index contributed by atoms with van der Waals surface area (Å²) >= 11 is 0. The lowest BCUT2D eigenvalue weighted by Crippen LogP contribution is -2.51. The van der Waals surface area contributed by atoms with E-state index in [2.05, 4.69) is 9.88 Å². The molecule has 23 heavy (non-hydrogen) atoms. The minimum Gasteiger partial charge on any atom is -0.465 e. The van der Waals surface area contributed by atoms with E-state index in [4.69, 9.17) is 4.74 Å². The smallest absolute Gasteiger partial charge is 0.339 e. The summed E-state index contributed by atoms with van der Waals surface area (Å²) in [5.74, 6) is 0.641. The first-order valence-corrected chi connectivity index (χ1v) is 7.84. The van der Waals surface area contributed by atoms with Crippen molar-refractivity contribution in [2.45, 2.75) is 27.7 Å². The van der Waals surface area contributed by atoms with Gasteiger partial charge < -0.3 is 14.5 Å². The topological polar surface area (TPSA) is 62.7 Å². The number of aromatic nitrogens is 1. The zero-order chi connectivity index (χ0) is 17.2. The van der Waals surface area contributed by atoms with E-state index in [1.807, 2.05) is 31.7 Å². The number of nitrogens with zero attached hydrogens (tertiary/aromatic N) is 3. The fraction of sp³-hybridized carbons (Fsp3) is 0.588. The van der Waals surface area contributed by atoms with Crippen LogP contribution in [0.1, 0.15) is 36.8 Å². The van der Waals surface area contributed by atoms with Crippen molar-refractivity contribution < 1.29 is 14.3 Å². The first-order chi connectivity index (χ1) is 10.7. The van der Waals surface area contributed by atoms with Crippen molar-refractivity contribution in [3.05, 3.63) is 23.4 Å². The maximum atomic E-state index is 12.3. The van der Waals surface area contributed by atoms with E-state index >= 15 is 0 Å². The summed E-state index contributed by atoms with van der Waals surface area (Å²) in [6.07, 6.45) is 0. The number of hydrogen-bond acceptors (Lipinski definition) is 5. The van der Waals surface area contributed by atoms with Crippen molar-refractivity contribution in [1.29, 1.82) is 0 Å². The fourth-order valence-corrected chi connectivity index (χ4v) is 2.66. The number of anilines is 1. The number of aryl methyl sites for hydroxylation is 1. The number of piperazine rings is 1. The Morgan fingerprint density at radius 1 is 1.13 bits per heavy atom. The van der Waals surface area contributed by atoms with Gasteiger partial charge in [0.25, 0.3) is 0 Å². The highest BCUT2D eigenvalue weighted by molar-refractivity contribution is 5.90. The lowest BCUT2D eigenvalue weighted by Gasteiger charge is -2.38. The molecule has 0 atom stereocenters. The van der Waals surface area contributed by atoms with Gasteiger partial charge in [0.2, 0.25) is 5.91 Å². The van der Waals surface area contributed by atoms with Crippen LogP contribution in [0.4, 0.5) is 5.82 Å². The van der Waals surface area contributed by atoms with Crippen LogP contribution in [0.5, 0.6) is 0 Å². The summed E-state index contributed by atoms with van der Waals surface area (Å²) in [6.45, 7) is 10.5. The lowest BCUT2D eigenvalue weighted by atomic mass is 9.94. The van der Waals surface area contributed by atoms with Gasteiger partial charge in [-0.3, -0.25) is 4.79 Å². The largest absolute Gasteiger partial charge is 0.465 e. The molecule has 0 N–H and O–H groups in total. The number of esters is 1. The van der Waals surface area contributed by atoms with E-state index in [9.17, 15) is 9.59 Å². The van der Waals surface area contributed by atoms with Crippen molar-refractivity contribution in [3.8, 4) is 0 Å². The summed E-state index contributed by atoms with van der Waals surface area (Å²) in [6, 6.07) is 3.58. The molecule has 1 aromatic rings. The standard InChI is InChI=1S/C17H25N3O3/c1-12-13(15(21)23-5)6-7-14(18-12)19-8-10-20(11-9-19)16(22)17(2,3)4/h6-7H,8-11H2,1-5H3. The summed E-state index contributed by atoms with van der Waals surface area (Å²) < 4.78 is 4.74. The molecule has 6 nitrogen and oxygen atoms in total. The number of amides is 1.